The molecule has 0 aliphatic rings. The molecule has 0 saturated heterocycles. The molecule has 0 radical (unpaired) electrons. The third kappa shape index (κ3) is 7.94. The molecule has 0 saturated carbocycles. The van der Waals surface area contributed by atoms with Crippen molar-refractivity contribution in [3.8, 4) is 11.4 Å². The predicted octanol–water partition coefficient (Wildman–Crippen LogP) is 4.61. The number of hydrogen-bond acceptors (Lipinski definition) is 9. The van der Waals surface area contributed by atoms with Crippen LogP contribution in [0, 0.1) is 0 Å². The van der Waals surface area contributed by atoms with E-state index in [2.05, 4.69) is 25.3 Å². The number of carbonyl (C=O) groups excluding carboxylic acids is 1. The summed E-state index contributed by atoms with van der Waals surface area (Å²) >= 11 is 0. The number of benzene rings is 2. The molecule has 5 rings (SSSR count). The molecule has 244 valence electrons. The van der Waals surface area contributed by atoms with Crippen LogP contribution in [0.2, 0.25) is 0 Å². The molecule has 0 aliphatic carbocycles. The van der Waals surface area contributed by atoms with E-state index in [-0.39, 0.29) is 11.8 Å². The van der Waals surface area contributed by atoms with Crippen LogP contribution in [-0.2, 0) is 25.0 Å². The van der Waals surface area contributed by atoms with Gasteiger partial charge in [0.25, 0.3) is 20.2 Å². The second-order valence-electron chi connectivity index (χ2n) is 10.0. The summed E-state index contributed by atoms with van der Waals surface area (Å²) in [4.78, 5) is 26.6. The number of halogens is 3. The van der Waals surface area contributed by atoms with Crippen molar-refractivity contribution in [3.63, 3.8) is 0 Å². The highest BCUT2D eigenvalue weighted by Crippen LogP contribution is 2.30. The summed E-state index contributed by atoms with van der Waals surface area (Å²) in [5, 5.41) is 6.14. The van der Waals surface area contributed by atoms with Gasteiger partial charge in [-0.3, -0.25) is 13.9 Å². The van der Waals surface area contributed by atoms with Gasteiger partial charge in [-0.2, -0.15) is 30.0 Å². The van der Waals surface area contributed by atoms with Crippen LogP contribution >= 0.6 is 0 Å². The first-order valence-electron chi connectivity index (χ1n) is 13.3. The van der Waals surface area contributed by atoms with E-state index < -0.39 is 54.2 Å². The summed E-state index contributed by atoms with van der Waals surface area (Å²) < 4.78 is 100. The molecule has 5 aromatic rings. The number of H-pyrrole nitrogens is 1. The number of aromatic nitrogens is 4. The second kappa shape index (κ2) is 13.0. The maximum atomic E-state index is 12.4. The average molecular weight is 681 g/mol. The van der Waals surface area contributed by atoms with Crippen LogP contribution in [-0.4, -0.2) is 70.0 Å². The molecule has 18 heteroatoms. The molecular formula is C28H27F3N6O7S2. The topological polar surface area (TPSA) is 204 Å². The summed E-state index contributed by atoms with van der Waals surface area (Å²) in [5.74, 6) is -0.0306. The fourth-order valence-corrected chi connectivity index (χ4v) is 6.36. The molecule has 46 heavy (non-hydrogen) atoms. The molecule has 0 spiro atoms. The monoisotopic (exact) mass is 680 g/mol. The SMILES string of the molecule is CC[C@@](C)(Nc1ccnc(-c2c[nH]c3ncccc23)n1)C(=O)NCC(F)(F)F.O=S(=O)(O)c1ccc2ccccc2c1S(=O)(=O)O. The molecule has 0 aliphatic heterocycles. The number of rotatable bonds is 8. The Labute approximate surface area is 260 Å². The molecule has 5 N–H and O–H groups in total. The molecule has 13 nitrogen and oxygen atoms in total. The van der Waals surface area contributed by atoms with Gasteiger partial charge in [-0.25, -0.2) is 15.0 Å². The van der Waals surface area contributed by atoms with E-state index in [9.17, 15) is 34.8 Å². The Morgan fingerprint density at radius 2 is 1.61 bits per heavy atom. The Morgan fingerprint density at radius 3 is 2.26 bits per heavy atom. The molecule has 0 fully saturated rings. The van der Waals surface area contributed by atoms with Gasteiger partial charge in [-0.15, -0.1) is 0 Å². The lowest BCUT2D eigenvalue weighted by molar-refractivity contribution is -0.140. The van der Waals surface area contributed by atoms with E-state index in [0.717, 1.165) is 17.0 Å². The van der Waals surface area contributed by atoms with Gasteiger partial charge in [0.2, 0.25) is 5.91 Å². The quantitative estimate of drug-likeness (QED) is 0.143. The minimum atomic E-state index is -4.78. The summed E-state index contributed by atoms with van der Waals surface area (Å²) in [5.41, 5.74) is 0.148. The fourth-order valence-electron chi connectivity index (χ4n) is 4.36. The third-order valence-electron chi connectivity index (χ3n) is 6.79. The van der Waals surface area contributed by atoms with Crippen molar-refractivity contribution in [2.75, 3.05) is 11.9 Å². The number of hydrogen-bond donors (Lipinski definition) is 5. The summed E-state index contributed by atoms with van der Waals surface area (Å²) in [6.45, 7) is 1.84. The minimum Gasteiger partial charge on any atom is -0.356 e. The number of pyridine rings is 1. The second-order valence-corrected chi connectivity index (χ2v) is 12.8. The number of anilines is 1. The smallest absolute Gasteiger partial charge is 0.356 e. The summed E-state index contributed by atoms with van der Waals surface area (Å²) in [6.07, 6.45) is 0.686. The number of alkyl halides is 3. The van der Waals surface area contributed by atoms with Crippen LogP contribution in [0.3, 0.4) is 0 Å². The van der Waals surface area contributed by atoms with Gasteiger partial charge < -0.3 is 15.6 Å². The number of nitrogens with zero attached hydrogens (tertiary/aromatic N) is 3. The number of amides is 1. The molecule has 1 atom stereocenters. The van der Waals surface area contributed by atoms with E-state index in [1.165, 1.54) is 31.3 Å². The lowest BCUT2D eigenvalue weighted by Gasteiger charge is -2.29. The third-order valence-corrected chi connectivity index (χ3v) is 8.77. The van der Waals surface area contributed by atoms with Crippen molar-refractivity contribution >= 4 is 53.8 Å². The van der Waals surface area contributed by atoms with E-state index >= 15 is 0 Å². The normalized spacial score (nSPS) is 13.5. The average Bonchev–Trinajstić information content (AvgIpc) is 3.42. The van der Waals surface area contributed by atoms with Crippen molar-refractivity contribution in [3.05, 3.63) is 73.2 Å². The molecular weight excluding hydrogens is 653 g/mol. The van der Waals surface area contributed by atoms with Gasteiger partial charge >= 0.3 is 6.18 Å². The van der Waals surface area contributed by atoms with Crippen LogP contribution in [0.4, 0.5) is 19.0 Å². The van der Waals surface area contributed by atoms with E-state index in [4.69, 9.17) is 9.11 Å². The van der Waals surface area contributed by atoms with Gasteiger partial charge in [0.15, 0.2) is 5.82 Å². The first kappa shape index (κ1) is 34.2. The largest absolute Gasteiger partial charge is 0.405 e. The van der Waals surface area contributed by atoms with Crippen molar-refractivity contribution < 1.29 is 43.9 Å². The number of aromatic amines is 1. The van der Waals surface area contributed by atoms with Crippen molar-refractivity contribution in [2.24, 2.45) is 0 Å². The van der Waals surface area contributed by atoms with Crippen molar-refractivity contribution in [1.29, 1.82) is 0 Å². The lowest BCUT2D eigenvalue weighted by atomic mass is 9.97. The Kier molecular flexibility index (Phi) is 9.67. The highest BCUT2D eigenvalue weighted by Gasteiger charge is 2.35. The zero-order chi connectivity index (χ0) is 33.9. The number of nitrogens with one attached hydrogen (secondary N) is 3. The Morgan fingerprint density at radius 1 is 0.913 bits per heavy atom. The van der Waals surface area contributed by atoms with Crippen LogP contribution in [0.1, 0.15) is 20.3 Å². The number of fused-ring (bicyclic) bond motifs is 2. The molecule has 0 bridgehead atoms. The lowest BCUT2D eigenvalue weighted by Crippen LogP contribution is -2.52. The van der Waals surface area contributed by atoms with E-state index in [0.29, 0.717) is 22.7 Å². The summed E-state index contributed by atoms with van der Waals surface area (Å²) in [7, 11) is -9.53. The number of carbonyl (C=O) groups is 1. The Hall–Kier alpha value is -4.65. The van der Waals surface area contributed by atoms with Gasteiger partial charge in [-0.1, -0.05) is 37.3 Å². The Bertz CT molecular complexity index is 2120. The summed E-state index contributed by atoms with van der Waals surface area (Å²) in [6, 6.07) is 13.5. The molecule has 2 aromatic carbocycles. The van der Waals surface area contributed by atoms with Crippen LogP contribution in [0.25, 0.3) is 33.2 Å². The zero-order valence-corrected chi connectivity index (χ0v) is 25.7. The zero-order valence-electron chi connectivity index (χ0n) is 24.1. The van der Waals surface area contributed by atoms with E-state index in [1.807, 2.05) is 11.4 Å². The van der Waals surface area contributed by atoms with Crippen LogP contribution in [0.15, 0.2) is 83.0 Å². The predicted molar refractivity (Wildman–Crippen MR) is 162 cm³/mol. The van der Waals surface area contributed by atoms with Gasteiger partial charge in [0.05, 0.1) is 0 Å². The van der Waals surface area contributed by atoms with Gasteiger partial charge in [0.1, 0.15) is 33.3 Å². The minimum absolute atomic E-state index is 0.0233. The first-order valence-corrected chi connectivity index (χ1v) is 16.2. The van der Waals surface area contributed by atoms with Crippen LogP contribution < -0.4 is 10.6 Å². The van der Waals surface area contributed by atoms with E-state index in [1.54, 1.807) is 43.6 Å². The highest BCUT2D eigenvalue weighted by atomic mass is 32.2. The Balaban J connectivity index is 0.000000230. The highest BCUT2D eigenvalue weighted by molar-refractivity contribution is 7.89. The van der Waals surface area contributed by atoms with Gasteiger partial charge in [-0.05, 0) is 43.0 Å². The maximum absolute atomic E-state index is 12.4. The standard InChI is InChI=1S/C18H19F3N6O.C10H8O6S2/c1-3-17(2,16(28)25-10-18(19,20)21)27-13-6-8-23-15(26-13)12-9-24-14-11(12)5-4-7-22-14;11-17(12,13)9-6-5-7-3-1-2-4-8(7)10(9)18(14,15)16/h4-9H,3,10H2,1-2H3,(H,22,24)(H,25,28)(H,23,26,27);1-6H,(H,11,12,13)(H,14,15,16)/t17-;/m1./s1. The van der Waals surface area contributed by atoms with Crippen molar-refractivity contribution in [2.45, 2.75) is 41.8 Å². The van der Waals surface area contributed by atoms with Crippen molar-refractivity contribution in [1.82, 2.24) is 25.3 Å². The van der Waals surface area contributed by atoms with Crippen LogP contribution in [0.5, 0.6) is 0 Å². The molecule has 3 heterocycles. The molecule has 1 amide bonds. The fraction of sp³-hybridized carbons (Fsp3) is 0.214. The molecule has 0 unspecified atom stereocenters. The molecule has 3 aromatic heterocycles. The maximum Gasteiger partial charge on any atom is 0.405 e. The van der Waals surface area contributed by atoms with Gasteiger partial charge in [0, 0.05) is 34.9 Å². The first-order chi connectivity index (χ1) is 21.4.